The Morgan fingerprint density at radius 3 is 2.55 bits per heavy atom. The number of carbonyl (C=O) groups is 2. The van der Waals surface area contributed by atoms with E-state index in [1.807, 2.05) is 26.2 Å². The zero-order valence-corrected chi connectivity index (χ0v) is 16.4. The first-order chi connectivity index (χ1) is 13.9. The van der Waals surface area contributed by atoms with Gasteiger partial charge in [-0.05, 0) is 55.4 Å². The van der Waals surface area contributed by atoms with Gasteiger partial charge in [-0.1, -0.05) is 18.2 Å². The Labute approximate surface area is 169 Å². The number of rotatable bonds is 7. The molecule has 8 nitrogen and oxygen atoms in total. The maximum absolute atomic E-state index is 12.8. The molecular formula is C20H24BN3O5. The minimum atomic E-state index is -1.34. The highest BCUT2D eigenvalue weighted by atomic mass is 16.5. The van der Waals surface area contributed by atoms with Gasteiger partial charge in [0.15, 0.2) is 0 Å². The van der Waals surface area contributed by atoms with Crippen molar-refractivity contribution in [3.63, 3.8) is 0 Å². The summed E-state index contributed by atoms with van der Waals surface area (Å²) in [5, 5.41) is 28.6. The van der Waals surface area contributed by atoms with Gasteiger partial charge in [-0.2, -0.15) is 0 Å². The summed E-state index contributed by atoms with van der Waals surface area (Å²) in [7, 11) is 2.36. The van der Waals surface area contributed by atoms with Crippen molar-refractivity contribution in [3.8, 4) is 5.75 Å². The van der Waals surface area contributed by atoms with Crippen LogP contribution in [0.5, 0.6) is 5.75 Å². The standard InChI is InChI=1S/C20H24BN3O5/c1-22-10-14-7-6-13(8-15(14)11-23-2)19(25)24-17-9-12-4-3-5-16(20(26)27)18(12)29-21(17)28/h3-8,17,22-23,28H,9-11H2,1-2H3,(H,24,25)(H,26,27). The quantitative estimate of drug-likeness (QED) is 0.434. The third kappa shape index (κ3) is 4.59. The van der Waals surface area contributed by atoms with Crippen molar-refractivity contribution in [1.29, 1.82) is 0 Å². The van der Waals surface area contributed by atoms with Gasteiger partial charge in [0.1, 0.15) is 5.75 Å². The third-order valence-corrected chi connectivity index (χ3v) is 4.87. The van der Waals surface area contributed by atoms with Crippen molar-refractivity contribution in [2.45, 2.75) is 25.5 Å². The summed E-state index contributed by atoms with van der Waals surface area (Å²) < 4.78 is 5.43. The third-order valence-electron chi connectivity index (χ3n) is 4.87. The first-order valence-corrected chi connectivity index (χ1v) is 9.36. The SMILES string of the molecule is CNCc1ccc(C(=O)NC2Cc3cccc(C(=O)O)c3OB2O)cc1CNC. The van der Waals surface area contributed by atoms with Gasteiger partial charge < -0.3 is 30.7 Å². The van der Waals surface area contributed by atoms with E-state index in [9.17, 15) is 19.7 Å². The van der Waals surface area contributed by atoms with E-state index in [4.69, 9.17) is 4.65 Å². The topological polar surface area (TPSA) is 120 Å². The number of hydrogen-bond acceptors (Lipinski definition) is 6. The van der Waals surface area contributed by atoms with Crippen molar-refractivity contribution in [3.05, 3.63) is 64.2 Å². The highest BCUT2D eigenvalue weighted by Crippen LogP contribution is 2.30. The molecule has 2 aromatic rings. The summed E-state index contributed by atoms with van der Waals surface area (Å²) in [5.74, 6) is -2.01. The van der Waals surface area contributed by atoms with Gasteiger partial charge in [0.25, 0.3) is 5.91 Å². The van der Waals surface area contributed by atoms with Gasteiger partial charge in [0.05, 0.1) is 11.5 Å². The van der Waals surface area contributed by atoms with E-state index in [1.54, 1.807) is 18.2 Å². The van der Waals surface area contributed by atoms with Crippen molar-refractivity contribution >= 4 is 19.0 Å². The van der Waals surface area contributed by atoms with Crippen LogP contribution in [-0.2, 0) is 19.5 Å². The van der Waals surface area contributed by atoms with E-state index in [0.29, 0.717) is 24.2 Å². The van der Waals surface area contributed by atoms with Crippen LogP contribution < -0.4 is 20.6 Å². The van der Waals surface area contributed by atoms with Crippen LogP contribution in [0.25, 0.3) is 0 Å². The Kier molecular flexibility index (Phi) is 6.53. The molecule has 1 aliphatic heterocycles. The lowest BCUT2D eigenvalue weighted by Crippen LogP contribution is -2.53. The Morgan fingerprint density at radius 2 is 1.86 bits per heavy atom. The van der Waals surface area contributed by atoms with Crippen LogP contribution >= 0.6 is 0 Å². The normalized spacial score (nSPS) is 15.4. The molecule has 0 bridgehead atoms. The number of fused-ring (bicyclic) bond motifs is 1. The molecule has 152 valence electrons. The molecule has 5 N–H and O–H groups in total. The molecular weight excluding hydrogens is 373 g/mol. The fraction of sp³-hybridized carbons (Fsp3) is 0.300. The molecule has 0 fully saturated rings. The summed E-state index contributed by atoms with van der Waals surface area (Å²) in [4.78, 5) is 24.1. The molecule has 1 aliphatic rings. The van der Waals surface area contributed by atoms with E-state index < -0.39 is 19.0 Å². The highest BCUT2D eigenvalue weighted by molar-refractivity contribution is 6.47. The molecule has 0 saturated heterocycles. The van der Waals surface area contributed by atoms with Crippen LogP contribution in [0.4, 0.5) is 0 Å². The number of para-hydroxylation sites is 1. The van der Waals surface area contributed by atoms with Gasteiger partial charge in [-0.25, -0.2) is 4.79 Å². The first kappa shape index (κ1) is 20.8. The lowest BCUT2D eigenvalue weighted by molar-refractivity contribution is 0.0693. The second-order valence-corrected chi connectivity index (χ2v) is 6.94. The van der Waals surface area contributed by atoms with Crippen LogP contribution in [0.3, 0.4) is 0 Å². The number of nitrogens with one attached hydrogen (secondary N) is 3. The molecule has 0 aromatic heterocycles. The Hall–Kier alpha value is -2.88. The summed E-state index contributed by atoms with van der Waals surface area (Å²) in [6.45, 7) is 1.31. The molecule has 0 aliphatic carbocycles. The minimum absolute atomic E-state index is 0.0110. The van der Waals surface area contributed by atoms with Gasteiger partial charge in [-0.3, -0.25) is 4.79 Å². The first-order valence-electron chi connectivity index (χ1n) is 9.36. The molecule has 0 radical (unpaired) electrons. The number of aromatic carboxylic acids is 1. The van der Waals surface area contributed by atoms with E-state index in [2.05, 4.69) is 16.0 Å². The van der Waals surface area contributed by atoms with Gasteiger partial charge in [0, 0.05) is 18.7 Å². The second kappa shape index (κ2) is 9.08. The minimum Gasteiger partial charge on any atom is -0.534 e. The summed E-state index contributed by atoms with van der Waals surface area (Å²) >= 11 is 0. The van der Waals surface area contributed by atoms with E-state index >= 15 is 0 Å². The van der Waals surface area contributed by atoms with Crippen LogP contribution in [0, 0.1) is 0 Å². The van der Waals surface area contributed by atoms with Crippen molar-refractivity contribution in [2.75, 3.05) is 14.1 Å². The van der Waals surface area contributed by atoms with Crippen LogP contribution in [0.2, 0.25) is 0 Å². The molecule has 3 rings (SSSR count). The lowest BCUT2D eigenvalue weighted by atomic mass is 9.72. The fourth-order valence-corrected chi connectivity index (χ4v) is 3.45. The number of carbonyl (C=O) groups excluding carboxylic acids is 1. The zero-order chi connectivity index (χ0) is 21.0. The number of hydrogen-bond donors (Lipinski definition) is 5. The predicted molar refractivity (Wildman–Crippen MR) is 109 cm³/mol. The number of benzene rings is 2. The van der Waals surface area contributed by atoms with Gasteiger partial charge >= 0.3 is 13.1 Å². The summed E-state index contributed by atoms with van der Waals surface area (Å²) in [6.07, 6.45) is 0.268. The Morgan fingerprint density at radius 1 is 1.14 bits per heavy atom. The van der Waals surface area contributed by atoms with E-state index in [0.717, 1.165) is 11.1 Å². The Bertz CT molecular complexity index is 921. The average molecular weight is 397 g/mol. The van der Waals surface area contributed by atoms with Crippen molar-refractivity contribution in [1.82, 2.24) is 16.0 Å². The summed E-state index contributed by atoms with van der Waals surface area (Å²) in [6, 6.07) is 10.2. The summed E-state index contributed by atoms with van der Waals surface area (Å²) in [5.41, 5.74) is 3.19. The molecule has 1 amide bonds. The Balaban J connectivity index is 1.78. The number of carboxylic acids is 1. The zero-order valence-electron chi connectivity index (χ0n) is 16.4. The largest absolute Gasteiger partial charge is 0.547 e. The molecule has 0 spiro atoms. The monoisotopic (exact) mass is 397 g/mol. The molecule has 0 saturated carbocycles. The maximum Gasteiger partial charge on any atom is 0.547 e. The number of carboxylic acid groups (broad SMARTS) is 1. The molecule has 9 heteroatoms. The molecule has 2 aromatic carbocycles. The average Bonchev–Trinajstić information content (AvgIpc) is 2.69. The van der Waals surface area contributed by atoms with Gasteiger partial charge in [0.2, 0.25) is 0 Å². The fourth-order valence-electron chi connectivity index (χ4n) is 3.45. The van der Waals surface area contributed by atoms with E-state index in [1.165, 1.54) is 6.07 Å². The lowest BCUT2D eigenvalue weighted by Gasteiger charge is -2.29. The highest BCUT2D eigenvalue weighted by Gasteiger charge is 2.37. The molecule has 29 heavy (non-hydrogen) atoms. The second-order valence-electron chi connectivity index (χ2n) is 6.94. The van der Waals surface area contributed by atoms with Crippen LogP contribution in [-0.4, -0.2) is 49.2 Å². The predicted octanol–water partition coefficient (Wildman–Crippen LogP) is 0.577. The molecule has 1 unspecified atom stereocenters. The van der Waals surface area contributed by atoms with Crippen LogP contribution in [0.15, 0.2) is 36.4 Å². The van der Waals surface area contributed by atoms with E-state index in [-0.39, 0.29) is 23.6 Å². The smallest absolute Gasteiger partial charge is 0.534 e. The van der Waals surface area contributed by atoms with Crippen molar-refractivity contribution < 1.29 is 24.4 Å². The molecule has 1 atom stereocenters. The van der Waals surface area contributed by atoms with Crippen LogP contribution in [0.1, 0.15) is 37.4 Å². The van der Waals surface area contributed by atoms with Gasteiger partial charge in [-0.15, -0.1) is 0 Å². The maximum atomic E-state index is 12.8. The number of amides is 1. The van der Waals surface area contributed by atoms with Crippen molar-refractivity contribution in [2.24, 2.45) is 0 Å². The molecule has 1 heterocycles.